The van der Waals surface area contributed by atoms with Gasteiger partial charge in [-0.15, -0.1) is 0 Å². The van der Waals surface area contributed by atoms with Crippen molar-refractivity contribution in [3.05, 3.63) is 27.8 Å². The molecule has 1 aromatic carbocycles. The Morgan fingerprint density at radius 3 is 2.21 bits per heavy atom. The molecular weight excluding hydrogens is 316 g/mol. The van der Waals surface area contributed by atoms with E-state index in [9.17, 15) is 14.9 Å². The summed E-state index contributed by atoms with van der Waals surface area (Å²) in [6.07, 6.45) is 3.28. The van der Waals surface area contributed by atoms with E-state index < -0.39 is 4.92 Å². The highest BCUT2D eigenvalue weighted by Gasteiger charge is 2.26. The van der Waals surface area contributed by atoms with Gasteiger partial charge in [-0.1, -0.05) is 6.42 Å². The number of piperidine rings is 1. The molecule has 0 bridgehead atoms. The van der Waals surface area contributed by atoms with Gasteiger partial charge in [-0.05, 0) is 25.9 Å². The number of Topliss-reactive ketones (excluding diaryl/α,β-unsaturated/α-hetero) is 1. The van der Waals surface area contributed by atoms with Gasteiger partial charge < -0.3 is 14.6 Å². The molecule has 0 aromatic heterocycles. The van der Waals surface area contributed by atoms with E-state index in [1.165, 1.54) is 32.8 Å². The van der Waals surface area contributed by atoms with Crippen molar-refractivity contribution in [3.8, 4) is 11.5 Å². The Hall–Kier alpha value is -2.19. The van der Waals surface area contributed by atoms with E-state index in [2.05, 4.69) is 0 Å². The van der Waals surface area contributed by atoms with Gasteiger partial charge in [0.25, 0.3) is 5.69 Å². The van der Waals surface area contributed by atoms with Crippen LogP contribution in [0.5, 0.6) is 11.5 Å². The summed E-state index contributed by atoms with van der Waals surface area (Å²) in [5, 5.41) is 18.2. The predicted octanol–water partition coefficient (Wildman–Crippen LogP) is 1.89. The molecule has 24 heavy (non-hydrogen) atoms. The van der Waals surface area contributed by atoms with Crippen LogP contribution in [0.15, 0.2) is 12.1 Å². The molecule has 0 unspecified atom stereocenters. The lowest BCUT2D eigenvalue weighted by Crippen LogP contribution is -2.34. The molecule has 1 N–H and O–H groups in total. The fraction of sp³-hybridized carbons (Fsp3) is 0.562. The number of aliphatic hydroxyl groups excluding tert-OH is 1. The van der Waals surface area contributed by atoms with Gasteiger partial charge in [0.15, 0.2) is 17.3 Å². The lowest BCUT2D eigenvalue weighted by molar-refractivity contribution is -0.385. The molecule has 1 heterocycles. The average Bonchev–Trinajstić information content (AvgIpc) is 2.62. The third-order valence-electron chi connectivity index (χ3n) is 3.81. The quantitative estimate of drug-likeness (QED) is 0.479. The third kappa shape index (κ3) is 4.90. The van der Waals surface area contributed by atoms with Crippen molar-refractivity contribution in [1.82, 2.24) is 4.90 Å². The monoisotopic (exact) mass is 340 g/mol. The van der Waals surface area contributed by atoms with Crippen LogP contribution in [0.3, 0.4) is 0 Å². The number of nitro benzene ring substituents is 1. The molecule has 1 saturated heterocycles. The number of methoxy groups -OCH3 is 2. The normalized spacial score (nSPS) is 14.3. The highest BCUT2D eigenvalue weighted by molar-refractivity contribution is 6.02. The number of carbonyl (C=O) groups is 1. The first kappa shape index (κ1) is 19.9. The Bertz CT molecular complexity index is 570. The minimum atomic E-state index is -0.564. The Morgan fingerprint density at radius 2 is 1.71 bits per heavy atom. The number of hydrogen-bond donors (Lipinski definition) is 1. The Balaban J connectivity index is 0.00000139. The second kappa shape index (κ2) is 9.84. The van der Waals surface area contributed by atoms with Gasteiger partial charge in [0, 0.05) is 13.2 Å². The van der Waals surface area contributed by atoms with E-state index in [4.69, 9.17) is 14.6 Å². The number of nitrogens with zero attached hydrogens (tertiary/aromatic N) is 2. The average molecular weight is 340 g/mol. The second-order valence-electron chi connectivity index (χ2n) is 5.24. The summed E-state index contributed by atoms with van der Waals surface area (Å²) in [5.41, 5.74) is -0.187. The van der Waals surface area contributed by atoms with Crippen LogP contribution in [0.2, 0.25) is 0 Å². The second-order valence-corrected chi connectivity index (χ2v) is 5.24. The van der Waals surface area contributed by atoms with Crippen molar-refractivity contribution in [1.29, 1.82) is 0 Å². The van der Waals surface area contributed by atoms with Gasteiger partial charge in [0.05, 0.1) is 31.8 Å². The van der Waals surface area contributed by atoms with Crippen LogP contribution < -0.4 is 9.47 Å². The highest BCUT2D eigenvalue weighted by atomic mass is 16.6. The largest absolute Gasteiger partial charge is 0.493 e. The van der Waals surface area contributed by atoms with Crippen molar-refractivity contribution in [3.63, 3.8) is 0 Å². The van der Waals surface area contributed by atoms with Crippen LogP contribution in [-0.2, 0) is 0 Å². The number of hydrogen-bond acceptors (Lipinski definition) is 7. The van der Waals surface area contributed by atoms with E-state index in [0.29, 0.717) is 5.75 Å². The molecule has 0 aliphatic carbocycles. The number of ketones is 1. The standard InChI is InChI=1S/C15H20N2O5.CH4O/c1-21-14-8-11(12(17(19)20)9-15(14)22-2)13(18)10-16-6-4-3-5-7-16;1-2/h8-9H,3-7,10H2,1-2H3;2H,1H3. The molecule has 1 aliphatic rings. The summed E-state index contributed by atoms with van der Waals surface area (Å²) >= 11 is 0. The molecule has 2 rings (SSSR count). The van der Waals surface area contributed by atoms with Crippen LogP contribution in [0.1, 0.15) is 29.6 Å². The topological polar surface area (TPSA) is 102 Å². The van der Waals surface area contributed by atoms with Crippen molar-refractivity contribution >= 4 is 11.5 Å². The number of ether oxygens (including phenoxy) is 2. The molecular formula is C16H24N2O6. The third-order valence-corrected chi connectivity index (χ3v) is 3.81. The molecule has 0 saturated carbocycles. The molecule has 0 radical (unpaired) electrons. The molecule has 0 amide bonds. The van der Waals surface area contributed by atoms with Gasteiger partial charge >= 0.3 is 0 Å². The molecule has 1 aromatic rings. The maximum Gasteiger partial charge on any atom is 0.284 e. The van der Waals surface area contributed by atoms with Gasteiger partial charge in [-0.2, -0.15) is 0 Å². The highest BCUT2D eigenvalue weighted by Crippen LogP contribution is 2.34. The predicted molar refractivity (Wildman–Crippen MR) is 89.0 cm³/mol. The molecule has 8 nitrogen and oxygen atoms in total. The van der Waals surface area contributed by atoms with Gasteiger partial charge in [0.1, 0.15) is 5.56 Å². The fourth-order valence-corrected chi connectivity index (χ4v) is 2.65. The maximum absolute atomic E-state index is 12.5. The molecule has 0 atom stereocenters. The summed E-state index contributed by atoms with van der Waals surface area (Å²) in [5.74, 6) is 0.286. The number of carbonyl (C=O) groups excluding carboxylic acids is 1. The molecule has 134 valence electrons. The Morgan fingerprint density at radius 1 is 1.17 bits per heavy atom. The molecule has 8 heteroatoms. The van der Waals surface area contributed by atoms with Crippen LogP contribution in [0.4, 0.5) is 5.69 Å². The first-order chi connectivity index (χ1) is 11.6. The van der Waals surface area contributed by atoms with E-state index in [-0.39, 0.29) is 29.3 Å². The maximum atomic E-state index is 12.5. The molecule has 1 aliphatic heterocycles. The van der Waals surface area contributed by atoms with E-state index >= 15 is 0 Å². The van der Waals surface area contributed by atoms with Crippen molar-refractivity contribution in [2.45, 2.75) is 19.3 Å². The van der Waals surface area contributed by atoms with Gasteiger partial charge in [-0.25, -0.2) is 0 Å². The first-order valence-corrected chi connectivity index (χ1v) is 7.67. The lowest BCUT2D eigenvalue weighted by atomic mass is 10.1. The summed E-state index contributed by atoms with van der Waals surface area (Å²) in [4.78, 5) is 25.2. The lowest BCUT2D eigenvalue weighted by Gasteiger charge is -2.25. The number of aliphatic hydroxyl groups is 1. The van der Waals surface area contributed by atoms with E-state index in [1.807, 2.05) is 4.90 Å². The van der Waals surface area contributed by atoms with Gasteiger partial charge in [-0.3, -0.25) is 19.8 Å². The van der Waals surface area contributed by atoms with Crippen LogP contribution in [0, 0.1) is 10.1 Å². The van der Waals surface area contributed by atoms with Crippen LogP contribution >= 0.6 is 0 Å². The minimum absolute atomic E-state index is 0.0632. The van der Waals surface area contributed by atoms with E-state index in [0.717, 1.165) is 33.0 Å². The van der Waals surface area contributed by atoms with Crippen LogP contribution in [-0.4, -0.2) is 61.7 Å². The number of benzene rings is 1. The molecule has 0 spiro atoms. The Kier molecular flexibility index (Phi) is 8.14. The number of likely N-dealkylation sites (tertiary alicyclic amines) is 1. The zero-order valence-corrected chi connectivity index (χ0v) is 14.3. The fourth-order valence-electron chi connectivity index (χ4n) is 2.65. The van der Waals surface area contributed by atoms with Crippen LogP contribution in [0.25, 0.3) is 0 Å². The smallest absolute Gasteiger partial charge is 0.284 e. The van der Waals surface area contributed by atoms with Crippen molar-refractivity contribution in [2.75, 3.05) is 41.0 Å². The molecule has 1 fully saturated rings. The SMILES string of the molecule is CO.COc1cc(C(=O)CN2CCCCC2)c([N+](=O)[O-])cc1OC. The minimum Gasteiger partial charge on any atom is -0.493 e. The summed E-state index contributed by atoms with van der Waals surface area (Å²) < 4.78 is 10.2. The zero-order chi connectivity index (χ0) is 18.1. The van der Waals surface area contributed by atoms with Crippen molar-refractivity contribution in [2.24, 2.45) is 0 Å². The summed E-state index contributed by atoms with van der Waals surface area (Å²) in [6.45, 7) is 1.90. The number of rotatable bonds is 6. The zero-order valence-electron chi connectivity index (χ0n) is 14.3. The Labute approximate surface area is 141 Å². The number of nitro groups is 1. The summed E-state index contributed by atoms with van der Waals surface area (Å²) in [7, 11) is 3.83. The van der Waals surface area contributed by atoms with Gasteiger partial charge in [0.2, 0.25) is 0 Å². The van der Waals surface area contributed by atoms with E-state index in [1.54, 1.807) is 0 Å². The summed E-state index contributed by atoms with van der Waals surface area (Å²) in [6, 6.07) is 2.63. The first-order valence-electron chi connectivity index (χ1n) is 7.67. The van der Waals surface area contributed by atoms with Crippen molar-refractivity contribution < 1.29 is 24.3 Å².